The summed E-state index contributed by atoms with van der Waals surface area (Å²) in [4.78, 5) is 25.0. The number of carbonyl (C=O) groups excluding carboxylic acids is 2. The topological polar surface area (TPSA) is 85.9 Å². The normalized spacial score (nSPS) is 10.3. The molecule has 7 heteroatoms. The maximum absolute atomic E-state index is 12.7. The molecule has 3 rings (SSSR count). The second-order valence-electron chi connectivity index (χ2n) is 6.61. The average molecular weight is 420 g/mol. The van der Waals surface area contributed by atoms with E-state index in [-0.39, 0.29) is 18.4 Å². The highest BCUT2D eigenvalue weighted by Crippen LogP contribution is 2.25. The van der Waals surface area contributed by atoms with Gasteiger partial charge in [0.25, 0.3) is 11.8 Å². The summed E-state index contributed by atoms with van der Waals surface area (Å²) in [6.07, 6.45) is 0. The maximum Gasteiger partial charge on any atom is 0.262 e. The third kappa shape index (κ3) is 6.07. The van der Waals surface area contributed by atoms with Gasteiger partial charge in [-0.15, -0.1) is 0 Å². The summed E-state index contributed by atoms with van der Waals surface area (Å²) >= 11 is 0. The van der Waals surface area contributed by atoms with E-state index in [1.807, 2.05) is 18.2 Å². The molecule has 3 aromatic rings. The molecule has 2 amide bonds. The molecule has 0 unspecified atom stereocenters. The van der Waals surface area contributed by atoms with E-state index in [4.69, 9.17) is 14.2 Å². The zero-order valence-electron chi connectivity index (χ0n) is 17.4. The van der Waals surface area contributed by atoms with E-state index in [9.17, 15) is 9.59 Å². The van der Waals surface area contributed by atoms with Crippen molar-refractivity contribution in [1.82, 2.24) is 0 Å². The molecule has 0 spiro atoms. The van der Waals surface area contributed by atoms with Crippen molar-refractivity contribution in [3.8, 4) is 11.5 Å². The lowest BCUT2D eigenvalue weighted by Gasteiger charge is -2.12. The van der Waals surface area contributed by atoms with Crippen molar-refractivity contribution >= 4 is 23.2 Å². The SMILES string of the molecule is COCc1ccccc1C(=O)Nc1cccc(NC(=O)COc2ccccc2OC)c1. The molecule has 160 valence electrons. The number of nitrogens with one attached hydrogen (secondary N) is 2. The van der Waals surface area contributed by atoms with Crippen LogP contribution in [0.3, 0.4) is 0 Å². The molecule has 0 saturated carbocycles. The standard InChI is InChI=1S/C24H24N2O5/c1-29-15-17-8-3-4-11-20(17)24(28)26-19-10-7-9-18(14-19)25-23(27)16-31-22-13-6-5-12-21(22)30-2/h3-14H,15-16H2,1-2H3,(H,25,27)(H,26,28). The van der Waals surface area contributed by atoms with Crippen LogP contribution in [0.15, 0.2) is 72.8 Å². The Kier molecular flexibility index (Phi) is 7.61. The van der Waals surface area contributed by atoms with E-state index in [1.54, 1.807) is 61.7 Å². The molecule has 0 atom stereocenters. The lowest BCUT2D eigenvalue weighted by atomic mass is 10.1. The Morgan fingerprint density at radius 2 is 1.48 bits per heavy atom. The predicted molar refractivity (Wildman–Crippen MR) is 119 cm³/mol. The molecular formula is C24H24N2O5. The molecule has 0 radical (unpaired) electrons. The van der Waals surface area contributed by atoms with Crippen LogP contribution >= 0.6 is 0 Å². The van der Waals surface area contributed by atoms with Gasteiger partial charge in [-0.05, 0) is 42.0 Å². The minimum atomic E-state index is -0.333. The fraction of sp³-hybridized carbons (Fsp3) is 0.167. The van der Waals surface area contributed by atoms with Crippen LogP contribution in [0.5, 0.6) is 11.5 Å². The largest absolute Gasteiger partial charge is 0.493 e. The minimum Gasteiger partial charge on any atom is -0.493 e. The van der Waals surface area contributed by atoms with Crippen LogP contribution in [0.2, 0.25) is 0 Å². The summed E-state index contributed by atoms with van der Waals surface area (Å²) in [6, 6.07) is 21.2. The third-order valence-corrected chi connectivity index (χ3v) is 4.39. The first-order valence-electron chi connectivity index (χ1n) is 9.64. The van der Waals surface area contributed by atoms with E-state index in [0.29, 0.717) is 35.0 Å². The van der Waals surface area contributed by atoms with Gasteiger partial charge in [-0.1, -0.05) is 36.4 Å². The van der Waals surface area contributed by atoms with Crippen LogP contribution in [0.1, 0.15) is 15.9 Å². The number of rotatable bonds is 9. The number of para-hydroxylation sites is 2. The number of amides is 2. The van der Waals surface area contributed by atoms with E-state index in [2.05, 4.69) is 10.6 Å². The maximum atomic E-state index is 12.7. The Morgan fingerprint density at radius 3 is 2.23 bits per heavy atom. The molecule has 0 fully saturated rings. The quantitative estimate of drug-likeness (QED) is 0.544. The van der Waals surface area contributed by atoms with Crippen LogP contribution < -0.4 is 20.1 Å². The average Bonchev–Trinajstić information content (AvgIpc) is 2.78. The Hall–Kier alpha value is -3.84. The van der Waals surface area contributed by atoms with Gasteiger partial charge in [-0.25, -0.2) is 0 Å². The van der Waals surface area contributed by atoms with Crippen LogP contribution in [-0.2, 0) is 16.1 Å². The predicted octanol–water partition coefficient (Wildman–Crippen LogP) is 4.11. The van der Waals surface area contributed by atoms with Gasteiger partial charge in [0.15, 0.2) is 18.1 Å². The smallest absolute Gasteiger partial charge is 0.262 e. The molecule has 2 N–H and O–H groups in total. The van der Waals surface area contributed by atoms with Crippen molar-refractivity contribution in [1.29, 1.82) is 0 Å². The number of carbonyl (C=O) groups is 2. The Morgan fingerprint density at radius 1 is 0.806 bits per heavy atom. The van der Waals surface area contributed by atoms with Crippen molar-refractivity contribution in [2.75, 3.05) is 31.5 Å². The van der Waals surface area contributed by atoms with Gasteiger partial charge < -0.3 is 24.8 Å². The number of benzene rings is 3. The Balaban J connectivity index is 1.61. The van der Waals surface area contributed by atoms with E-state index < -0.39 is 0 Å². The fourth-order valence-electron chi connectivity index (χ4n) is 2.97. The third-order valence-electron chi connectivity index (χ3n) is 4.39. The molecule has 0 aromatic heterocycles. The van der Waals surface area contributed by atoms with Crippen LogP contribution in [0.4, 0.5) is 11.4 Å². The molecular weight excluding hydrogens is 396 g/mol. The molecule has 7 nitrogen and oxygen atoms in total. The number of ether oxygens (including phenoxy) is 3. The summed E-state index contributed by atoms with van der Waals surface area (Å²) in [5.41, 5.74) is 2.42. The minimum absolute atomic E-state index is 0.179. The van der Waals surface area contributed by atoms with Crippen LogP contribution in [0.25, 0.3) is 0 Å². The van der Waals surface area contributed by atoms with Gasteiger partial charge in [0.2, 0.25) is 0 Å². The summed E-state index contributed by atoms with van der Waals surface area (Å²) in [5.74, 6) is 0.445. The van der Waals surface area contributed by atoms with E-state index >= 15 is 0 Å². The van der Waals surface area contributed by atoms with Gasteiger partial charge in [0.05, 0.1) is 13.7 Å². The van der Waals surface area contributed by atoms with Crippen LogP contribution in [-0.4, -0.2) is 32.6 Å². The lowest BCUT2D eigenvalue weighted by molar-refractivity contribution is -0.118. The second kappa shape index (κ2) is 10.8. The van der Waals surface area contributed by atoms with Crippen molar-refractivity contribution in [2.45, 2.75) is 6.61 Å². The van der Waals surface area contributed by atoms with Gasteiger partial charge in [0.1, 0.15) is 0 Å². The summed E-state index contributed by atoms with van der Waals surface area (Å²) in [6.45, 7) is 0.160. The molecule has 31 heavy (non-hydrogen) atoms. The highest BCUT2D eigenvalue weighted by atomic mass is 16.5. The summed E-state index contributed by atoms with van der Waals surface area (Å²) < 4.78 is 15.9. The van der Waals surface area contributed by atoms with Crippen molar-refractivity contribution in [3.05, 3.63) is 83.9 Å². The van der Waals surface area contributed by atoms with E-state index in [0.717, 1.165) is 5.56 Å². The summed E-state index contributed by atoms with van der Waals surface area (Å²) in [5, 5.41) is 5.61. The number of anilines is 2. The fourth-order valence-corrected chi connectivity index (χ4v) is 2.97. The zero-order chi connectivity index (χ0) is 22.1. The highest BCUT2D eigenvalue weighted by molar-refractivity contribution is 6.05. The van der Waals surface area contributed by atoms with Gasteiger partial charge in [-0.3, -0.25) is 9.59 Å². The highest BCUT2D eigenvalue weighted by Gasteiger charge is 2.12. The Bertz CT molecular complexity index is 1050. The molecule has 0 aliphatic carbocycles. The first kappa shape index (κ1) is 21.9. The number of hydrogen-bond acceptors (Lipinski definition) is 5. The first-order chi connectivity index (χ1) is 15.1. The number of methoxy groups -OCH3 is 2. The molecule has 0 bridgehead atoms. The molecule has 0 aliphatic rings. The molecule has 3 aromatic carbocycles. The second-order valence-corrected chi connectivity index (χ2v) is 6.61. The molecule has 0 aliphatic heterocycles. The summed E-state index contributed by atoms with van der Waals surface area (Å²) in [7, 11) is 3.12. The van der Waals surface area contributed by atoms with Gasteiger partial charge >= 0.3 is 0 Å². The van der Waals surface area contributed by atoms with Crippen molar-refractivity contribution < 1.29 is 23.8 Å². The lowest BCUT2D eigenvalue weighted by Crippen LogP contribution is -2.20. The first-order valence-corrected chi connectivity index (χ1v) is 9.64. The zero-order valence-corrected chi connectivity index (χ0v) is 17.4. The van der Waals surface area contributed by atoms with Crippen LogP contribution in [0, 0.1) is 0 Å². The molecule has 0 heterocycles. The number of hydrogen-bond donors (Lipinski definition) is 2. The Labute approximate surface area is 180 Å². The van der Waals surface area contributed by atoms with E-state index in [1.165, 1.54) is 7.11 Å². The van der Waals surface area contributed by atoms with Crippen molar-refractivity contribution in [3.63, 3.8) is 0 Å². The van der Waals surface area contributed by atoms with Crippen molar-refractivity contribution in [2.24, 2.45) is 0 Å². The molecule has 0 saturated heterocycles. The monoisotopic (exact) mass is 420 g/mol. The van der Waals surface area contributed by atoms with Gasteiger partial charge in [0, 0.05) is 24.0 Å². The van der Waals surface area contributed by atoms with Gasteiger partial charge in [-0.2, -0.15) is 0 Å².